The van der Waals surface area contributed by atoms with Crippen LogP contribution in [0.25, 0.3) is 0 Å². The van der Waals surface area contributed by atoms with Crippen molar-refractivity contribution in [2.75, 3.05) is 20.2 Å². The molecule has 0 saturated carbocycles. The molecule has 1 unspecified atom stereocenters. The van der Waals surface area contributed by atoms with Crippen LogP contribution in [0, 0.1) is 0 Å². The second-order valence-corrected chi connectivity index (χ2v) is 4.63. The Morgan fingerprint density at radius 2 is 2.15 bits per heavy atom. The van der Waals surface area contributed by atoms with Crippen LogP contribution in [0.15, 0.2) is 0 Å². The summed E-state index contributed by atoms with van der Waals surface area (Å²) in [6, 6.07) is -1.95. The van der Waals surface area contributed by atoms with Crippen molar-refractivity contribution in [3.8, 4) is 0 Å². The summed E-state index contributed by atoms with van der Waals surface area (Å²) in [5.74, 6) is -1.48. The van der Waals surface area contributed by atoms with Crippen molar-refractivity contribution in [1.29, 1.82) is 0 Å². The van der Waals surface area contributed by atoms with Crippen molar-refractivity contribution in [2.24, 2.45) is 0 Å². The Morgan fingerprint density at radius 3 is 2.70 bits per heavy atom. The number of nitrogens with one attached hydrogen (secondary N) is 1. The van der Waals surface area contributed by atoms with E-state index in [-0.39, 0.29) is 6.61 Å². The Bertz CT molecular complexity index is 387. The summed E-state index contributed by atoms with van der Waals surface area (Å²) in [4.78, 5) is 35.9. The lowest BCUT2D eigenvalue weighted by Crippen LogP contribution is -2.54. The van der Waals surface area contributed by atoms with Crippen LogP contribution in [0.3, 0.4) is 0 Å². The highest BCUT2D eigenvalue weighted by Crippen LogP contribution is 2.18. The van der Waals surface area contributed by atoms with Crippen LogP contribution in [0.2, 0.25) is 0 Å². The standard InChI is InChI=1S/C12H21N3O5/c1-4-20-11(18)8(2)13-14(3)12(19)15-7-5-6-9(15)10(16)17/h8-9,13H,4-7H2,1-3H3,(H,16,17)/t8?,9-/m0/s1. The molecule has 0 aromatic heterocycles. The van der Waals surface area contributed by atoms with Crippen LogP contribution in [-0.2, 0) is 14.3 Å². The van der Waals surface area contributed by atoms with Crippen molar-refractivity contribution in [2.45, 2.75) is 38.8 Å². The zero-order chi connectivity index (χ0) is 15.3. The number of esters is 1. The molecule has 0 spiro atoms. The highest BCUT2D eigenvalue weighted by molar-refractivity contribution is 5.83. The smallest absolute Gasteiger partial charge is 0.334 e. The average Bonchev–Trinajstić information content (AvgIpc) is 2.87. The maximum absolute atomic E-state index is 12.2. The predicted octanol–water partition coefficient (Wildman–Crippen LogP) is 0.0434. The molecule has 8 heteroatoms. The zero-order valence-corrected chi connectivity index (χ0v) is 12.0. The van der Waals surface area contributed by atoms with Gasteiger partial charge in [-0.3, -0.25) is 9.80 Å². The summed E-state index contributed by atoms with van der Waals surface area (Å²) < 4.78 is 4.82. The summed E-state index contributed by atoms with van der Waals surface area (Å²) in [5, 5.41) is 10.2. The van der Waals surface area contributed by atoms with Crippen LogP contribution in [-0.4, -0.2) is 65.3 Å². The Morgan fingerprint density at radius 1 is 1.50 bits per heavy atom. The fourth-order valence-electron chi connectivity index (χ4n) is 2.11. The number of ether oxygens (including phenoxy) is 1. The lowest BCUT2D eigenvalue weighted by Gasteiger charge is -2.29. The van der Waals surface area contributed by atoms with Gasteiger partial charge in [0.2, 0.25) is 0 Å². The van der Waals surface area contributed by atoms with E-state index in [1.807, 2.05) is 0 Å². The van der Waals surface area contributed by atoms with Crippen molar-refractivity contribution >= 4 is 18.0 Å². The van der Waals surface area contributed by atoms with Gasteiger partial charge in [-0.1, -0.05) is 0 Å². The van der Waals surface area contributed by atoms with Gasteiger partial charge in [0, 0.05) is 13.6 Å². The maximum atomic E-state index is 12.2. The maximum Gasteiger partial charge on any atom is 0.334 e. The second kappa shape index (κ2) is 7.09. The molecule has 2 N–H and O–H groups in total. The summed E-state index contributed by atoms with van der Waals surface area (Å²) in [7, 11) is 1.45. The number of hydrogen-bond acceptors (Lipinski definition) is 5. The van der Waals surface area contributed by atoms with E-state index in [9.17, 15) is 14.4 Å². The molecule has 0 aliphatic carbocycles. The quantitative estimate of drug-likeness (QED) is 0.547. The van der Waals surface area contributed by atoms with E-state index in [1.165, 1.54) is 11.9 Å². The third kappa shape index (κ3) is 3.83. The van der Waals surface area contributed by atoms with E-state index in [2.05, 4.69) is 5.43 Å². The molecule has 1 fully saturated rings. The molecule has 1 rings (SSSR count). The first kappa shape index (κ1) is 16.2. The van der Waals surface area contributed by atoms with Gasteiger partial charge >= 0.3 is 18.0 Å². The van der Waals surface area contributed by atoms with Crippen molar-refractivity contribution < 1.29 is 24.2 Å². The number of carbonyl (C=O) groups excluding carboxylic acids is 2. The van der Waals surface area contributed by atoms with Gasteiger partial charge in [0.1, 0.15) is 12.1 Å². The molecule has 20 heavy (non-hydrogen) atoms. The van der Waals surface area contributed by atoms with E-state index < -0.39 is 30.1 Å². The monoisotopic (exact) mass is 287 g/mol. The minimum Gasteiger partial charge on any atom is -0.480 e. The molecule has 0 aromatic carbocycles. The molecule has 2 atom stereocenters. The topological polar surface area (TPSA) is 99.2 Å². The minimum absolute atomic E-state index is 0.260. The molecule has 114 valence electrons. The third-order valence-corrected chi connectivity index (χ3v) is 3.10. The number of likely N-dealkylation sites (tertiary alicyclic amines) is 1. The normalized spacial score (nSPS) is 19.6. The van der Waals surface area contributed by atoms with E-state index in [0.717, 1.165) is 5.01 Å². The third-order valence-electron chi connectivity index (χ3n) is 3.10. The number of carbonyl (C=O) groups is 3. The molecule has 0 aromatic rings. The molecular weight excluding hydrogens is 266 g/mol. The summed E-state index contributed by atoms with van der Waals surface area (Å²) in [6.45, 7) is 3.92. The Hall–Kier alpha value is -1.83. The first-order chi connectivity index (χ1) is 9.38. The van der Waals surface area contributed by atoms with Crippen LogP contribution < -0.4 is 5.43 Å². The molecule has 8 nitrogen and oxygen atoms in total. The fraction of sp³-hybridized carbons (Fsp3) is 0.750. The summed E-state index contributed by atoms with van der Waals surface area (Å²) in [6.07, 6.45) is 1.10. The highest BCUT2D eigenvalue weighted by Gasteiger charge is 2.36. The number of carboxylic acids is 1. The first-order valence-electron chi connectivity index (χ1n) is 6.58. The molecular formula is C12H21N3O5. The highest BCUT2D eigenvalue weighted by atomic mass is 16.5. The lowest BCUT2D eigenvalue weighted by molar-refractivity contribution is -0.146. The SMILES string of the molecule is CCOC(=O)C(C)NN(C)C(=O)N1CCC[C@H]1C(=O)O. The van der Waals surface area contributed by atoms with E-state index in [4.69, 9.17) is 9.84 Å². The molecule has 2 amide bonds. The number of urea groups is 1. The number of aliphatic carboxylic acids is 1. The lowest BCUT2D eigenvalue weighted by atomic mass is 10.2. The van der Waals surface area contributed by atoms with Gasteiger partial charge in [0.15, 0.2) is 0 Å². The van der Waals surface area contributed by atoms with Gasteiger partial charge in [-0.05, 0) is 26.7 Å². The first-order valence-corrected chi connectivity index (χ1v) is 6.58. The van der Waals surface area contributed by atoms with Gasteiger partial charge in [0.25, 0.3) is 0 Å². The molecule has 0 bridgehead atoms. The number of amides is 2. The van der Waals surface area contributed by atoms with Crippen LogP contribution in [0.5, 0.6) is 0 Å². The number of hydrazine groups is 1. The fourth-order valence-corrected chi connectivity index (χ4v) is 2.11. The molecule has 1 aliphatic rings. The van der Waals surface area contributed by atoms with E-state index in [0.29, 0.717) is 19.4 Å². The van der Waals surface area contributed by atoms with Gasteiger partial charge in [-0.25, -0.2) is 15.0 Å². The number of hydrogen-bond donors (Lipinski definition) is 2. The zero-order valence-electron chi connectivity index (χ0n) is 12.0. The summed E-state index contributed by atoms with van der Waals surface area (Å²) in [5.41, 5.74) is 2.68. The van der Waals surface area contributed by atoms with Crippen molar-refractivity contribution in [3.05, 3.63) is 0 Å². The van der Waals surface area contributed by atoms with E-state index in [1.54, 1.807) is 13.8 Å². The molecule has 0 radical (unpaired) electrons. The summed E-state index contributed by atoms with van der Waals surface area (Å²) >= 11 is 0. The Kier molecular flexibility index (Phi) is 5.75. The van der Waals surface area contributed by atoms with Gasteiger partial charge in [-0.2, -0.15) is 0 Å². The van der Waals surface area contributed by atoms with Crippen molar-refractivity contribution in [3.63, 3.8) is 0 Å². The van der Waals surface area contributed by atoms with Gasteiger partial charge in [0.05, 0.1) is 6.61 Å². The van der Waals surface area contributed by atoms with Crippen LogP contribution >= 0.6 is 0 Å². The number of carboxylic acid groups (broad SMARTS) is 1. The van der Waals surface area contributed by atoms with Gasteiger partial charge in [-0.15, -0.1) is 0 Å². The molecule has 1 saturated heterocycles. The largest absolute Gasteiger partial charge is 0.480 e. The minimum atomic E-state index is -1.01. The predicted molar refractivity (Wildman–Crippen MR) is 69.8 cm³/mol. The number of rotatable bonds is 5. The van der Waals surface area contributed by atoms with Crippen LogP contribution in [0.4, 0.5) is 4.79 Å². The van der Waals surface area contributed by atoms with E-state index >= 15 is 0 Å². The van der Waals surface area contributed by atoms with Gasteiger partial charge < -0.3 is 14.7 Å². The van der Waals surface area contributed by atoms with Crippen LogP contribution in [0.1, 0.15) is 26.7 Å². The number of nitrogens with zero attached hydrogens (tertiary/aromatic N) is 2. The Labute approximate surface area is 117 Å². The molecule has 1 heterocycles. The molecule has 1 aliphatic heterocycles. The Balaban J connectivity index is 2.58. The average molecular weight is 287 g/mol. The second-order valence-electron chi connectivity index (χ2n) is 4.63. The van der Waals surface area contributed by atoms with Crippen molar-refractivity contribution in [1.82, 2.24) is 15.3 Å².